The molecule has 5 nitrogen and oxygen atoms in total. The molecule has 1 rings (SSSR count). The summed E-state index contributed by atoms with van der Waals surface area (Å²) in [4.78, 5) is 11.9. The number of nitrogens with two attached hydrogens (primary N) is 1. The molecule has 102 valence electrons. The average molecular weight is 273 g/mol. The zero-order valence-corrected chi connectivity index (χ0v) is 11.9. The molecule has 0 aliphatic carbocycles. The minimum Gasteiger partial charge on any atom is -0.376 e. The summed E-state index contributed by atoms with van der Waals surface area (Å²) in [6.45, 7) is 6.94. The fourth-order valence-electron chi connectivity index (χ4n) is 1.83. The van der Waals surface area contributed by atoms with E-state index in [0.29, 0.717) is 18.8 Å². The van der Waals surface area contributed by atoms with E-state index in [4.69, 9.17) is 17.3 Å². The smallest absolute Gasteiger partial charge is 0.287 e. The van der Waals surface area contributed by atoms with Crippen LogP contribution in [0.3, 0.4) is 0 Å². The Kier molecular flexibility index (Phi) is 5.16. The van der Waals surface area contributed by atoms with Crippen LogP contribution in [0.5, 0.6) is 0 Å². The van der Waals surface area contributed by atoms with Gasteiger partial charge in [0.25, 0.3) is 5.56 Å². The minimum absolute atomic E-state index is 0.173. The topological polar surface area (TPSA) is 72.9 Å². The van der Waals surface area contributed by atoms with Crippen molar-refractivity contribution in [3.8, 4) is 0 Å². The molecule has 0 fully saturated rings. The van der Waals surface area contributed by atoms with Crippen molar-refractivity contribution >= 4 is 17.3 Å². The van der Waals surface area contributed by atoms with E-state index in [1.807, 2.05) is 6.92 Å². The van der Waals surface area contributed by atoms with E-state index >= 15 is 0 Å². The van der Waals surface area contributed by atoms with E-state index in [0.717, 1.165) is 12.8 Å². The molecule has 3 N–H and O–H groups in total. The number of halogens is 1. The van der Waals surface area contributed by atoms with E-state index in [9.17, 15) is 4.79 Å². The highest BCUT2D eigenvalue weighted by Crippen LogP contribution is 2.24. The van der Waals surface area contributed by atoms with Crippen LogP contribution < -0.4 is 16.6 Å². The molecule has 1 aromatic rings. The summed E-state index contributed by atoms with van der Waals surface area (Å²) in [5, 5.41) is 7.50. The lowest BCUT2D eigenvalue weighted by Crippen LogP contribution is -2.45. The molecule has 1 aromatic heterocycles. The molecule has 0 atom stereocenters. The maximum atomic E-state index is 11.9. The molecule has 0 unspecified atom stereocenters. The maximum Gasteiger partial charge on any atom is 0.287 e. The van der Waals surface area contributed by atoms with Gasteiger partial charge in [-0.05, 0) is 19.8 Å². The molecule has 6 heteroatoms. The monoisotopic (exact) mass is 272 g/mol. The first-order valence-corrected chi connectivity index (χ1v) is 6.65. The van der Waals surface area contributed by atoms with Crippen molar-refractivity contribution in [1.29, 1.82) is 0 Å². The van der Waals surface area contributed by atoms with E-state index < -0.39 is 0 Å². The van der Waals surface area contributed by atoms with E-state index in [1.54, 1.807) is 6.20 Å². The number of aromatic nitrogens is 2. The van der Waals surface area contributed by atoms with Gasteiger partial charge in [0.1, 0.15) is 5.02 Å². The largest absolute Gasteiger partial charge is 0.376 e. The Bertz CT molecular complexity index is 446. The molecule has 1 heterocycles. The fourth-order valence-corrected chi connectivity index (χ4v) is 2.02. The van der Waals surface area contributed by atoms with E-state index in [1.165, 1.54) is 4.68 Å². The Balaban J connectivity index is 3.12. The Morgan fingerprint density at radius 2 is 2.06 bits per heavy atom. The molecule has 0 saturated heterocycles. The highest BCUT2D eigenvalue weighted by atomic mass is 35.5. The van der Waals surface area contributed by atoms with E-state index in [2.05, 4.69) is 24.3 Å². The molecule has 0 aliphatic heterocycles. The van der Waals surface area contributed by atoms with Crippen LogP contribution in [0, 0.1) is 0 Å². The summed E-state index contributed by atoms with van der Waals surface area (Å²) in [6, 6.07) is 0. The van der Waals surface area contributed by atoms with Gasteiger partial charge in [0.2, 0.25) is 0 Å². The Morgan fingerprint density at radius 3 is 2.50 bits per heavy atom. The SMILES string of the molecule is CCn1ncc(NC(CC)(CC)CN)c(Cl)c1=O. The molecule has 0 bridgehead atoms. The lowest BCUT2D eigenvalue weighted by molar-refractivity contribution is 0.444. The lowest BCUT2D eigenvalue weighted by Gasteiger charge is -2.32. The van der Waals surface area contributed by atoms with Crippen LogP contribution in [0.1, 0.15) is 33.6 Å². The van der Waals surface area contributed by atoms with Gasteiger partial charge in [-0.15, -0.1) is 0 Å². The second-order valence-electron chi connectivity index (χ2n) is 4.31. The number of rotatable bonds is 6. The van der Waals surface area contributed by atoms with Crippen LogP contribution in [-0.4, -0.2) is 21.9 Å². The minimum atomic E-state index is -0.276. The number of aryl methyl sites for hydroxylation is 1. The van der Waals surface area contributed by atoms with Crippen LogP contribution in [0.25, 0.3) is 0 Å². The summed E-state index contributed by atoms with van der Waals surface area (Å²) < 4.78 is 1.33. The standard InChI is InChI=1S/C12H21ClN4O/c1-4-12(5-2,8-14)16-9-7-15-17(6-3)11(18)10(9)13/h7,16H,4-6,8,14H2,1-3H3. The number of hydrogen-bond acceptors (Lipinski definition) is 4. The molecule has 0 aliphatic rings. The molecule has 0 spiro atoms. The Hall–Kier alpha value is -1.07. The van der Waals surface area contributed by atoms with Crippen LogP contribution >= 0.6 is 11.6 Å². The van der Waals surface area contributed by atoms with Gasteiger partial charge in [0, 0.05) is 18.6 Å². The highest BCUT2D eigenvalue weighted by molar-refractivity contribution is 6.32. The first-order valence-electron chi connectivity index (χ1n) is 6.27. The van der Waals surface area contributed by atoms with Gasteiger partial charge >= 0.3 is 0 Å². The molecule has 0 radical (unpaired) electrons. The molecule has 18 heavy (non-hydrogen) atoms. The summed E-state index contributed by atoms with van der Waals surface area (Å²) >= 11 is 6.08. The normalized spacial score (nSPS) is 11.6. The number of hydrogen-bond donors (Lipinski definition) is 2. The van der Waals surface area contributed by atoms with Gasteiger partial charge in [0.05, 0.1) is 11.9 Å². The summed E-state index contributed by atoms with van der Waals surface area (Å²) in [5.41, 5.74) is 5.85. The predicted molar refractivity (Wildman–Crippen MR) is 75.2 cm³/mol. The quantitative estimate of drug-likeness (QED) is 0.829. The number of nitrogens with one attached hydrogen (secondary N) is 1. The fraction of sp³-hybridized carbons (Fsp3) is 0.667. The van der Waals surface area contributed by atoms with Gasteiger partial charge in [-0.25, -0.2) is 4.68 Å². The van der Waals surface area contributed by atoms with Crippen LogP contribution in [-0.2, 0) is 6.54 Å². The summed E-state index contributed by atoms with van der Waals surface area (Å²) in [7, 11) is 0. The zero-order valence-electron chi connectivity index (χ0n) is 11.2. The van der Waals surface area contributed by atoms with Crippen LogP contribution in [0.2, 0.25) is 5.02 Å². The number of anilines is 1. The van der Waals surface area contributed by atoms with Gasteiger partial charge in [-0.1, -0.05) is 25.4 Å². The molecular weight excluding hydrogens is 252 g/mol. The first-order chi connectivity index (χ1) is 8.53. The van der Waals surface area contributed by atoms with Gasteiger partial charge < -0.3 is 11.1 Å². The predicted octanol–water partition coefficient (Wildman–Crippen LogP) is 1.85. The van der Waals surface area contributed by atoms with Crippen LogP contribution in [0.4, 0.5) is 5.69 Å². The lowest BCUT2D eigenvalue weighted by atomic mass is 9.93. The molecule has 0 aromatic carbocycles. The van der Waals surface area contributed by atoms with Gasteiger partial charge in [-0.3, -0.25) is 4.79 Å². The second kappa shape index (κ2) is 6.20. The average Bonchev–Trinajstić information content (AvgIpc) is 2.41. The molecule has 0 saturated carbocycles. The van der Waals surface area contributed by atoms with Crippen molar-refractivity contribution < 1.29 is 0 Å². The van der Waals surface area contributed by atoms with Gasteiger partial charge in [-0.2, -0.15) is 5.10 Å². The molecule has 0 amide bonds. The van der Waals surface area contributed by atoms with Crippen LogP contribution in [0.15, 0.2) is 11.0 Å². The van der Waals surface area contributed by atoms with Crippen molar-refractivity contribution in [3.63, 3.8) is 0 Å². The Morgan fingerprint density at radius 1 is 1.44 bits per heavy atom. The maximum absolute atomic E-state index is 11.9. The zero-order chi connectivity index (χ0) is 13.8. The third-order valence-corrected chi connectivity index (χ3v) is 3.79. The van der Waals surface area contributed by atoms with Crippen molar-refractivity contribution in [3.05, 3.63) is 21.6 Å². The van der Waals surface area contributed by atoms with Crippen molar-refractivity contribution in [2.45, 2.75) is 45.7 Å². The van der Waals surface area contributed by atoms with Crippen molar-refractivity contribution in [2.75, 3.05) is 11.9 Å². The summed E-state index contributed by atoms with van der Waals surface area (Å²) in [5.74, 6) is 0. The number of nitrogens with zero attached hydrogens (tertiary/aromatic N) is 2. The van der Waals surface area contributed by atoms with Crippen molar-refractivity contribution in [1.82, 2.24) is 9.78 Å². The Labute approximate surface area is 112 Å². The third-order valence-electron chi connectivity index (χ3n) is 3.43. The third kappa shape index (κ3) is 2.84. The van der Waals surface area contributed by atoms with E-state index in [-0.39, 0.29) is 16.1 Å². The first kappa shape index (κ1) is 15.0. The molecular formula is C12H21ClN4O. The highest BCUT2D eigenvalue weighted by Gasteiger charge is 2.25. The van der Waals surface area contributed by atoms with Gasteiger partial charge in [0.15, 0.2) is 0 Å². The van der Waals surface area contributed by atoms with Crippen molar-refractivity contribution in [2.24, 2.45) is 5.73 Å². The summed E-state index contributed by atoms with van der Waals surface area (Å²) in [6.07, 6.45) is 3.29. The second-order valence-corrected chi connectivity index (χ2v) is 4.69.